The Bertz CT molecular complexity index is 665. The molecule has 3 aromatic rings. The summed E-state index contributed by atoms with van der Waals surface area (Å²) in [5.41, 5.74) is 1.46. The summed E-state index contributed by atoms with van der Waals surface area (Å²) in [5, 5.41) is 3.86. The van der Waals surface area contributed by atoms with Crippen molar-refractivity contribution < 1.29 is 8.81 Å². The van der Waals surface area contributed by atoms with Crippen molar-refractivity contribution in [3.05, 3.63) is 47.7 Å². The molecule has 0 saturated heterocycles. The van der Waals surface area contributed by atoms with E-state index in [1.807, 2.05) is 13.1 Å². The smallest absolute Gasteiger partial charge is 0.134 e. The molecule has 0 saturated carbocycles. The molecule has 0 fully saturated rings. The van der Waals surface area contributed by atoms with Crippen molar-refractivity contribution in [1.29, 1.82) is 0 Å². The molecule has 1 atom stereocenters. The highest BCUT2D eigenvalue weighted by Gasteiger charge is 2.19. The largest absolute Gasteiger partial charge is 0.459 e. The number of hydrogen-bond donors (Lipinski definition) is 1. The third-order valence-corrected chi connectivity index (χ3v) is 3.24. The second kappa shape index (κ2) is 4.47. The van der Waals surface area contributed by atoms with Crippen LogP contribution in [-0.2, 0) is 0 Å². The minimum atomic E-state index is -0.272. The van der Waals surface area contributed by atoms with Crippen LogP contribution in [0.5, 0.6) is 0 Å². The molecule has 2 heterocycles. The summed E-state index contributed by atoms with van der Waals surface area (Å²) < 4.78 is 27.0. The van der Waals surface area contributed by atoms with Crippen LogP contribution in [0.1, 0.15) is 17.5 Å². The molecule has 0 aliphatic rings. The molecule has 1 unspecified atom stereocenters. The fraction of sp³-hybridized carbons (Fsp3) is 0.167. The number of fused-ring (bicyclic) bond motifs is 1. The minimum Gasteiger partial charge on any atom is -0.459 e. The number of hydrogen-bond acceptors (Lipinski definition) is 5. The molecule has 6 heteroatoms. The standard InChI is InChI=1S/C12H10FN3OS/c1-14-12(9-6-15-18-16-9)11-5-7-4-8(13)2-3-10(7)17-11/h2-6,12,14H,1H3. The van der Waals surface area contributed by atoms with Crippen molar-refractivity contribution in [3.63, 3.8) is 0 Å². The van der Waals surface area contributed by atoms with Crippen LogP contribution in [0.25, 0.3) is 11.0 Å². The van der Waals surface area contributed by atoms with E-state index in [-0.39, 0.29) is 11.9 Å². The van der Waals surface area contributed by atoms with Crippen LogP contribution in [-0.4, -0.2) is 15.8 Å². The molecule has 1 aromatic carbocycles. The third-order valence-electron chi connectivity index (χ3n) is 2.74. The molecular weight excluding hydrogens is 253 g/mol. The van der Waals surface area contributed by atoms with E-state index in [0.29, 0.717) is 11.3 Å². The quantitative estimate of drug-likeness (QED) is 0.789. The van der Waals surface area contributed by atoms with Crippen molar-refractivity contribution in [2.75, 3.05) is 7.05 Å². The molecule has 0 bridgehead atoms. The summed E-state index contributed by atoms with van der Waals surface area (Å²) in [6.45, 7) is 0. The predicted molar refractivity (Wildman–Crippen MR) is 67.0 cm³/mol. The Morgan fingerprint density at radius 1 is 1.39 bits per heavy atom. The maximum absolute atomic E-state index is 13.1. The average Bonchev–Trinajstić information content (AvgIpc) is 2.98. The van der Waals surface area contributed by atoms with Gasteiger partial charge in [-0.15, -0.1) is 0 Å². The van der Waals surface area contributed by atoms with Crippen molar-refractivity contribution in [2.24, 2.45) is 0 Å². The van der Waals surface area contributed by atoms with Gasteiger partial charge >= 0.3 is 0 Å². The fourth-order valence-corrected chi connectivity index (χ4v) is 2.36. The first-order chi connectivity index (χ1) is 8.78. The lowest BCUT2D eigenvalue weighted by Gasteiger charge is -2.09. The Hall–Kier alpha value is -1.79. The molecule has 0 aliphatic heterocycles. The zero-order valence-corrected chi connectivity index (χ0v) is 10.4. The second-order valence-electron chi connectivity index (χ2n) is 3.88. The molecule has 18 heavy (non-hydrogen) atoms. The summed E-state index contributed by atoms with van der Waals surface area (Å²) in [5.74, 6) is 0.428. The molecule has 3 rings (SSSR count). The Morgan fingerprint density at radius 2 is 2.28 bits per heavy atom. The first-order valence-electron chi connectivity index (χ1n) is 5.41. The van der Waals surface area contributed by atoms with Crippen molar-refractivity contribution in [1.82, 2.24) is 14.1 Å². The fourth-order valence-electron chi connectivity index (χ4n) is 1.91. The summed E-state index contributed by atoms with van der Waals surface area (Å²) in [6.07, 6.45) is 1.69. The lowest BCUT2D eigenvalue weighted by Crippen LogP contribution is -2.17. The van der Waals surface area contributed by atoms with Gasteiger partial charge < -0.3 is 9.73 Å². The van der Waals surface area contributed by atoms with Crippen molar-refractivity contribution in [3.8, 4) is 0 Å². The molecule has 92 valence electrons. The molecule has 1 N–H and O–H groups in total. The molecule has 0 spiro atoms. The summed E-state index contributed by atoms with van der Waals surface area (Å²) in [6, 6.07) is 6.11. The van der Waals surface area contributed by atoms with E-state index in [0.717, 1.165) is 22.8 Å². The van der Waals surface area contributed by atoms with Gasteiger partial charge in [0.05, 0.1) is 23.6 Å². The number of furan rings is 1. The Morgan fingerprint density at radius 3 is 3.00 bits per heavy atom. The van der Waals surface area contributed by atoms with Gasteiger partial charge in [-0.2, -0.15) is 8.75 Å². The van der Waals surface area contributed by atoms with E-state index in [9.17, 15) is 4.39 Å². The maximum atomic E-state index is 13.1. The SMILES string of the molecule is CNC(c1cnsn1)c1cc2cc(F)ccc2o1. The van der Waals surface area contributed by atoms with Gasteiger partial charge in [-0.1, -0.05) is 0 Å². The topological polar surface area (TPSA) is 51.0 Å². The number of rotatable bonds is 3. The van der Waals surface area contributed by atoms with Crippen LogP contribution in [0.4, 0.5) is 4.39 Å². The first kappa shape index (κ1) is 11.3. The Kier molecular flexibility index (Phi) is 2.81. The van der Waals surface area contributed by atoms with E-state index < -0.39 is 0 Å². The van der Waals surface area contributed by atoms with Gasteiger partial charge in [-0.05, 0) is 31.3 Å². The number of nitrogens with one attached hydrogen (secondary N) is 1. The number of nitrogens with zero attached hydrogens (tertiary/aromatic N) is 2. The molecule has 2 aromatic heterocycles. The van der Waals surface area contributed by atoms with Gasteiger partial charge in [0.2, 0.25) is 0 Å². The maximum Gasteiger partial charge on any atom is 0.134 e. The number of aromatic nitrogens is 2. The van der Waals surface area contributed by atoms with Gasteiger partial charge in [-0.25, -0.2) is 4.39 Å². The highest BCUT2D eigenvalue weighted by Crippen LogP contribution is 2.27. The highest BCUT2D eigenvalue weighted by molar-refractivity contribution is 6.99. The minimum absolute atomic E-state index is 0.167. The summed E-state index contributed by atoms with van der Waals surface area (Å²) >= 11 is 1.15. The van der Waals surface area contributed by atoms with E-state index in [4.69, 9.17) is 4.42 Å². The van der Waals surface area contributed by atoms with Crippen LogP contribution in [0.3, 0.4) is 0 Å². The lowest BCUT2D eigenvalue weighted by atomic mass is 10.1. The molecule has 0 amide bonds. The van der Waals surface area contributed by atoms with E-state index >= 15 is 0 Å². The van der Waals surface area contributed by atoms with Crippen molar-refractivity contribution in [2.45, 2.75) is 6.04 Å². The van der Waals surface area contributed by atoms with Gasteiger partial charge in [0.25, 0.3) is 0 Å². The van der Waals surface area contributed by atoms with Crippen molar-refractivity contribution >= 4 is 22.7 Å². The van der Waals surface area contributed by atoms with Crippen LogP contribution >= 0.6 is 11.7 Å². The molecular formula is C12H10FN3OS. The molecule has 0 aliphatic carbocycles. The van der Waals surface area contributed by atoms with Gasteiger partial charge in [0.1, 0.15) is 23.2 Å². The predicted octanol–water partition coefficient (Wildman–Crippen LogP) is 2.73. The Labute approximate surface area is 107 Å². The average molecular weight is 263 g/mol. The normalized spacial score (nSPS) is 13.0. The lowest BCUT2D eigenvalue weighted by molar-refractivity contribution is 0.487. The highest BCUT2D eigenvalue weighted by atomic mass is 32.1. The third kappa shape index (κ3) is 1.89. The van der Waals surface area contributed by atoms with Gasteiger partial charge in [-0.3, -0.25) is 0 Å². The van der Waals surface area contributed by atoms with Gasteiger partial charge in [0.15, 0.2) is 0 Å². The van der Waals surface area contributed by atoms with Gasteiger partial charge in [0, 0.05) is 5.39 Å². The molecule has 0 radical (unpaired) electrons. The molecule has 4 nitrogen and oxygen atoms in total. The summed E-state index contributed by atoms with van der Waals surface area (Å²) in [7, 11) is 1.82. The van der Waals surface area contributed by atoms with E-state index in [1.165, 1.54) is 12.1 Å². The van der Waals surface area contributed by atoms with Crippen LogP contribution in [0, 0.1) is 5.82 Å². The second-order valence-corrected chi connectivity index (χ2v) is 4.44. The monoisotopic (exact) mass is 263 g/mol. The van der Waals surface area contributed by atoms with E-state index in [1.54, 1.807) is 12.3 Å². The Balaban J connectivity index is 2.07. The van der Waals surface area contributed by atoms with E-state index in [2.05, 4.69) is 14.1 Å². The summed E-state index contributed by atoms with van der Waals surface area (Å²) in [4.78, 5) is 0. The first-order valence-corrected chi connectivity index (χ1v) is 6.14. The zero-order valence-electron chi connectivity index (χ0n) is 9.55. The van der Waals surface area contributed by atoms with Crippen LogP contribution in [0.15, 0.2) is 34.9 Å². The number of benzene rings is 1. The van der Waals surface area contributed by atoms with Crippen LogP contribution in [0.2, 0.25) is 0 Å². The zero-order chi connectivity index (χ0) is 12.5. The van der Waals surface area contributed by atoms with Crippen LogP contribution < -0.4 is 5.32 Å². The number of halogens is 1.